The van der Waals surface area contributed by atoms with Gasteiger partial charge in [0.15, 0.2) is 0 Å². The van der Waals surface area contributed by atoms with E-state index in [4.69, 9.17) is 11.6 Å². The smallest absolute Gasteiger partial charge is 0.320 e. The summed E-state index contributed by atoms with van der Waals surface area (Å²) in [5.41, 5.74) is 0.650. The molecule has 0 unspecified atom stereocenters. The Bertz CT molecular complexity index is 681. The third-order valence-electron chi connectivity index (χ3n) is 4.27. The number of likely N-dealkylation sites (N-methyl/N-ethyl adjacent to an activating group) is 1. The third-order valence-corrected chi connectivity index (χ3v) is 4.59. The molecule has 2 saturated heterocycles. The highest BCUT2D eigenvalue weighted by atomic mass is 35.5. The summed E-state index contributed by atoms with van der Waals surface area (Å²) in [4.78, 5) is 40.8. The van der Waals surface area contributed by atoms with Crippen LogP contribution in [0.5, 0.6) is 0 Å². The number of nitrogens with one attached hydrogen (secondary N) is 1. The Labute approximate surface area is 145 Å². The standard InChI is InChI=1S/C16H19ClN4O3/c1-19-6-7-20(16(19)24)10-14(22)18-11-8-15(23)21(9-11)13-5-3-2-4-12(13)17/h2-5,11H,6-10H2,1H3,(H,18,22)/t11-/m0/s1. The van der Waals surface area contributed by atoms with Crippen molar-refractivity contribution in [2.75, 3.05) is 38.1 Å². The van der Waals surface area contributed by atoms with Crippen molar-refractivity contribution < 1.29 is 14.4 Å². The van der Waals surface area contributed by atoms with Crippen LogP contribution in [0.3, 0.4) is 0 Å². The van der Waals surface area contributed by atoms with Crippen molar-refractivity contribution in [3.05, 3.63) is 29.3 Å². The maximum Gasteiger partial charge on any atom is 0.320 e. The fourth-order valence-electron chi connectivity index (χ4n) is 3.00. The summed E-state index contributed by atoms with van der Waals surface area (Å²) in [6.45, 7) is 1.55. The highest BCUT2D eigenvalue weighted by Gasteiger charge is 2.33. The highest BCUT2D eigenvalue weighted by Crippen LogP contribution is 2.28. The number of urea groups is 1. The fraction of sp³-hybridized carbons (Fsp3) is 0.438. The Kier molecular flexibility index (Phi) is 4.62. The number of amides is 4. The number of hydrogen-bond donors (Lipinski definition) is 1. The molecular formula is C16H19ClN4O3. The van der Waals surface area contributed by atoms with Crippen molar-refractivity contribution in [2.45, 2.75) is 12.5 Å². The SMILES string of the molecule is CN1CCN(CC(=O)N[C@H]2CC(=O)N(c3ccccc3Cl)C2)C1=O. The summed E-state index contributed by atoms with van der Waals surface area (Å²) in [5.74, 6) is -0.331. The van der Waals surface area contributed by atoms with Crippen LogP contribution in [0.4, 0.5) is 10.5 Å². The van der Waals surface area contributed by atoms with E-state index in [0.717, 1.165) is 0 Å². The minimum Gasteiger partial charge on any atom is -0.350 e. The predicted molar refractivity (Wildman–Crippen MR) is 90.0 cm³/mol. The Balaban J connectivity index is 1.57. The van der Waals surface area contributed by atoms with E-state index in [9.17, 15) is 14.4 Å². The summed E-state index contributed by atoms with van der Waals surface area (Å²) in [5, 5.41) is 3.34. The number of hydrogen-bond acceptors (Lipinski definition) is 3. The van der Waals surface area contributed by atoms with Crippen molar-refractivity contribution in [1.82, 2.24) is 15.1 Å². The topological polar surface area (TPSA) is 73.0 Å². The molecule has 7 nitrogen and oxygen atoms in total. The van der Waals surface area contributed by atoms with Crippen molar-refractivity contribution >= 4 is 35.1 Å². The molecule has 1 atom stereocenters. The van der Waals surface area contributed by atoms with Gasteiger partial charge in [0.25, 0.3) is 0 Å². The molecule has 2 heterocycles. The van der Waals surface area contributed by atoms with Gasteiger partial charge in [0, 0.05) is 33.1 Å². The number of carbonyl (C=O) groups excluding carboxylic acids is 3. The maximum absolute atomic E-state index is 12.2. The Morgan fingerprint density at radius 3 is 2.71 bits per heavy atom. The first-order chi connectivity index (χ1) is 11.5. The van der Waals surface area contributed by atoms with Crippen LogP contribution in [0.2, 0.25) is 5.02 Å². The lowest BCUT2D eigenvalue weighted by molar-refractivity contribution is -0.122. The summed E-state index contributed by atoms with van der Waals surface area (Å²) < 4.78 is 0. The predicted octanol–water partition coefficient (Wildman–Crippen LogP) is 0.929. The van der Waals surface area contributed by atoms with Crippen molar-refractivity contribution in [1.29, 1.82) is 0 Å². The third kappa shape index (κ3) is 3.31. The van der Waals surface area contributed by atoms with Gasteiger partial charge >= 0.3 is 6.03 Å². The molecular weight excluding hydrogens is 332 g/mol. The number of halogens is 1. The average molecular weight is 351 g/mol. The zero-order chi connectivity index (χ0) is 17.3. The van der Waals surface area contributed by atoms with Crippen LogP contribution in [0.25, 0.3) is 0 Å². The van der Waals surface area contributed by atoms with Gasteiger partial charge in [-0.3, -0.25) is 9.59 Å². The molecule has 0 aliphatic carbocycles. The monoisotopic (exact) mass is 350 g/mol. The van der Waals surface area contributed by atoms with Crippen molar-refractivity contribution in [3.8, 4) is 0 Å². The van der Waals surface area contributed by atoms with E-state index in [2.05, 4.69) is 5.32 Å². The molecule has 128 valence electrons. The Morgan fingerprint density at radius 1 is 1.29 bits per heavy atom. The fourth-order valence-corrected chi connectivity index (χ4v) is 3.24. The molecule has 0 saturated carbocycles. The summed E-state index contributed by atoms with van der Waals surface area (Å²) in [6.07, 6.45) is 0.227. The minimum atomic E-state index is -0.281. The van der Waals surface area contributed by atoms with Crippen LogP contribution in [-0.2, 0) is 9.59 Å². The van der Waals surface area contributed by atoms with Crippen LogP contribution in [0.1, 0.15) is 6.42 Å². The Hall–Kier alpha value is -2.28. The van der Waals surface area contributed by atoms with Crippen molar-refractivity contribution in [2.24, 2.45) is 0 Å². The molecule has 4 amide bonds. The molecule has 1 N–H and O–H groups in total. The van der Waals surface area contributed by atoms with Gasteiger partial charge in [0.05, 0.1) is 16.8 Å². The molecule has 2 fully saturated rings. The van der Waals surface area contributed by atoms with E-state index >= 15 is 0 Å². The van der Waals surface area contributed by atoms with E-state index in [1.54, 1.807) is 35.0 Å². The lowest BCUT2D eigenvalue weighted by Crippen LogP contribution is -2.44. The second-order valence-electron chi connectivity index (χ2n) is 6.05. The lowest BCUT2D eigenvalue weighted by atomic mass is 10.2. The number of nitrogens with zero attached hydrogens (tertiary/aromatic N) is 3. The van der Waals surface area contributed by atoms with Gasteiger partial charge in [-0.05, 0) is 12.1 Å². The second kappa shape index (κ2) is 6.68. The quantitative estimate of drug-likeness (QED) is 0.878. The normalized spacial score (nSPS) is 20.9. The number of anilines is 1. The van der Waals surface area contributed by atoms with E-state index in [1.165, 1.54) is 4.90 Å². The molecule has 0 radical (unpaired) electrons. The summed E-state index contributed by atoms with van der Waals surface area (Å²) in [7, 11) is 1.71. The number of benzene rings is 1. The van der Waals surface area contributed by atoms with Gasteiger partial charge < -0.3 is 20.0 Å². The van der Waals surface area contributed by atoms with E-state index in [0.29, 0.717) is 30.3 Å². The average Bonchev–Trinajstić information content (AvgIpc) is 3.05. The molecule has 3 rings (SSSR count). The number of para-hydroxylation sites is 1. The molecule has 1 aromatic carbocycles. The van der Waals surface area contributed by atoms with Crippen LogP contribution >= 0.6 is 11.6 Å². The second-order valence-corrected chi connectivity index (χ2v) is 6.46. The van der Waals surface area contributed by atoms with Gasteiger partial charge in [-0.1, -0.05) is 23.7 Å². The molecule has 0 aromatic heterocycles. The van der Waals surface area contributed by atoms with Crippen LogP contribution in [-0.4, -0.2) is 66.9 Å². The molecule has 2 aliphatic rings. The summed E-state index contributed by atoms with van der Waals surface area (Å²) >= 11 is 6.14. The zero-order valence-corrected chi connectivity index (χ0v) is 14.1. The van der Waals surface area contributed by atoms with E-state index in [1.807, 2.05) is 6.07 Å². The van der Waals surface area contributed by atoms with Gasteiger partial charge in [0.1, 0.15) is 6.54 Å². The van der Waals surface area contributed by atoms with Crippen LogP contribution in [0, 0.1) is 0 Å². The first-order valence-electron chi connectivity index (χ1n) is 7.80. The first-order valence-corrected chi connectivity index (χ1v) is 8.18. The molecule has 0 bridgehead atoms. The van der Waals surface area contributed by atoms with Crippen molar-refractivity contribution in [3.63, 3.8) is 0 Å². The lowest BCUT2D eigenvalue weighted by Gasteiger charge is -2.19. The molecule has 8 heteroatoms. The zero-order valence-electron chi connectivity index (χ0n) is 13.4. The number of rotatable bonds is 4. The van der Waals surface area contributed by atoms with Gasteiger partial charge in [-0.15, -0.1) is 0 Å². The minimum absolute atomic E-state index is 0.0138. The van der Waals surface area contributed by atoms with Crippen LogP contribution < -0.4 is 10.2 Å². The Morgan fingerprint density at radius 2 is 2.04 bits per heavy atom. The van der Waals surface area contributed by atoms with Crippen LogP contribution in [0.15, 0.2) is 24.3 Å². The first kappa shape index (κ1) is 16.6. The molecule has 1 aromatic rings. The molecule has 24 heavy (non-hydrogen) atoms. The molecule has 0 spiro atoms. The maximum atomic E-state index is 12.2. The van der Waals surface area contributed by atoms with Gasteiger partial charge in [-0.2, -0.15) is 0 Å². The number of carbonyl (C=O) groups is 3. The van der Waals surface area contributed by atoms with Gasteiger partial charge in [-0.25, -0.2) is 4.79 Å². The van der Waals surface area contributed by atoms with Gasteiger partial charge in [0.2, 0.25) is 11.8 Å². The highest BCUT2D eigenvalue weighted by molar-refractivity contribution is 6.33. The summed E-state index contributed by atoms with van der Waals surface area (Å²) in [6, 6.07) is 6.70. The van der Waals surface area contributed by atoms with E-state index in [-0.39, 0.29) is 36.9 Å². The van der Waals surface area contributed by atoms with E-state index < -0.39 is 0 Å². The molecule has 2 aliphatic heterocycles. The largest absolute Gasteiger partial charge is 0.350 e.